The van der Waals surface area contributed by atoms with Crippen LogP contribution in [0.4, 0.5) is 6.01 Å². The van der Waals surface area contributed by atoms with E-state index in [1.807, 2.05) is 0 Å². The molecule has 0 bridgehead atoms. The predicted molar refractivity (Wildman–Crippen MR) is 65.7 cm³/mol. The van der Waals surface area contributed by atoms with Gasteiger partial charge in [-0.2, -0.15) is 0 Å². The van der Waals surface area contributed by atoms with Crippen molar-refractivity contribution in [2.45, 2.75) is 33.2 Å². The van der Waals surface area contributed by atoms with Gasteiger partial charge in [0.15, 0.2) is 0 Å². The Labute approximate surface area is 102 Å². The SMILES string of the molecule is COCCC(C)(C)CNc1nnc(C(C)N)o1. The van der Waals surface area contributed by atoms with Crippen molar-refractivity contribution in [3.63, 3.8) is 0 Å². The van der Waals surface area contributed by atoms with Crippen molar-refractivity contribution in [1.29, 1.82) is 0 Å². The van der Waals surface area contributed by atoms with Crippen molar-refractivity contribution < 1.29 is 9.15 Å². The van der Waals surface area contributed by atoms with Crippen LogP contribution in [-0.4, -0.2) is 30.5 Å². The molecule has 1 heterocycles. The largest absolute Gasteiger partial charge is 0.406 e. The van der Waals surface area contributed by atoms with Gasteiger partial charge in [0, 0.05) is 20.3 Å². The van der Waals surface area contributed by atoms with E-state index in [9.17, 15) is 0 Å². The van der Waals surface area contributed by atoms with Gasteiger partial charge in [-0.3, -0.25) is 0 Å². The third kappa shape index (κ3) is 4.70. The molecule has 3 N–H and O–H groups in total. The van der Waals surface area contributed by atoms with E-state index in [1.54, 1.807) is 14.0 Å². The number of hydrogen-bond acceptors (Lipinski definition) is 6. The fourth-order valence-corrected chi connectivity index (χ4v) is 1.27. The van der Waals surface area contributed by atoms with Crippen LogP contribution in [0.3, 0.4) is 0 Å². The third-order valence-corrected chi connectivity index (χ3v) is 2.53. The number of hydrogen-bond donors (Lipinski definition) is 2. The molecule has 0 aromatic carbocycles. The summed E-state index contributed by atoms with van der Waals surface area (Å²) >= 11 is 0. The van der Waals surface area contributed by atoms with E-state index < -0.39 is 0 Å². The van der Waals surface area contributed by atoms with Crippen LogP contribution in [0.15, 0.2) is 4.42 Å². The summed E-state index contributed by atoms with van der Waals surface area (Å²) in [6.07, 6.45) is 0.963. The van der Waals surface area contributed by atoms with Gasteiger partial charge in [0.2, 0.25) is 5.89 Å². The molecule has 1 atom stereocenters. The van der Waals surface area contributed by atoms with Gasteiger partial charge in [-0.25, -0.2) is 0 Å². The number of nitrogens with one attached hydrogen (secondary N) is 1. The zero-order valence-corrected chi connectivity index (χ0v) is 11.0. The first-order valence-electron chi connectivity index (χ1n) is 5.76. The Balaban J connectivity index is 2.43. The molecule has 6 heteroatoms. The molecule has 0 saturated carbocycles. The number of nitrogens with zero attached hydrogens (tertiary/aromatic N) is 2. The van der Waals surface area contributed by atoms with Gasteiger partial charge in [-0.1, -0.05) is 18.9 Å². The molecule has 1 aromatic heterocycles. The van der Waals surface area contributed by atoms with E-state index in [4.69, 9.17) is 14.9 Å². The van der Waals surface area contributed by atoms with E-state index in [1.165, 1.54) is 0 Å². The Morgan fingerprint density at radius 3 is 2.71 bits per heavy atom. The molecule has 0 saturated heterocycles. The van der Waals surface area contributed by atoms with Gasteiger partial charge in [0.05, 0.1) is 6.04 Å². The van der Waals surface area contributed by atoms with Gasteiger partial charge in [0.25, 0.3) is 0 Å². The predicted octanol–water partition coefficient (Wildman–Crippen LogP) is 1.56. The molecule has 17 heavy (non-hydrogen) atoms. The van der Waals surface area contributed by atoms with Crippen LogP contribution in [0.25, 0.3) is 0 Å². The van der Waals surface area contributed by atoms with Crippen molar-refractivity contribution in [2.75, 3.05) is 25.6 Å². The van der Waals surface area contributed by atoms with E-state index in [-0.39, 0.29) is 11.5 Å². The maximum atomic E-state index is 5.63. The summed E-state index contributed by atoms with van der Waals surface area (Å²) in [5, 5.41) is 10.8. The van der Waals surface area contributed by atoms with Crippen molar-refractivity contribution in [3.8, 4) is 0 Å². The molecule has 0 spiro atoms. The minimum Gasteiger partial charge on any atom is -0.406 e. The second-order valence-electron chi connectivity index (χ2n) is 4.99. The standard InChI is InChI=1S/C11H22N4O2/c1-8(12)9-14-15-10(17-9)13-7-11(2,3)5-6-16-4/h8H,5-7,12H2,1-4H3,(H,13,15). The van der Waals surface area contributed by atoms with Gasteiger partial charge >= 0.3 is 6.01 Å². The smallest absolute Gasteiger partial charge is 0.315 e. The lowest BCUT2D eigenvalue weighted by atomic mass is 9.90. The van der Waals surface area contributed by atoms with E-state index in [2.05, 4.69) is 29.4 Å². The monoisotopic (exact) mass is 242 g/mol. The highest BCUT2D eigenvalue weighted by molar-refractivity contribution is 5.18. The van der Waals surface area contributed by atoms with Gasteiger partial charge in [-0.15, -0.1) is 5.10 Å². The van der Waals surface area contributed by atoms with E-state index in [0.29, 0.717) is 11.9 Å². The van der Waals surface area contributed by atoms with Crippen LogP contribution < -0.4 is 11.1 Å². The lowest BCUT2D eigenvalue weighted by Crippen LogP contribution is -2.24. The molecule has 0 amide bonds. The van der Waals surface area contributed by atoms with E-state index >= 15 is 0 Å². The zero-order chi connectivity index (χ0) is 12.9. The second-order valence-corrected chi connectivity index (χ2v) is 4.99. The fourth-order valence-electron chi connectivity index (χ4n) is 1.27. The second kappa shape index (κ2) is 5.97. The Kier molecular flexibility index (Phi) is 4.89. The summed E-state index contributed by atoms with van der Waals surface area (Å²) in [6, 6.07) is 0.183. The minimum absolute atomic E-state index is 0.110. The molecule has 0 fully saturated rings. The topological polar surface area (TPSA) is 86.2 Å². The van der Waals surface area contributed by atoms with Crippen molar-refractivity contribution in [2.24, 2.45) is 11.1 Å². The molecular weight excluding hydrogens is 220 g/mol. The van der Waals surface area contributed by atoms with Gasteiger partial charge < -0.3 is 20.2 Å². The maximum absolute atomic E-state index is 5.63. The molecule has 98 valence electrons. The number of anilines is 1. The Morgan fingerprint density at radius 1 is 1.47 bits per heavy atom. The molecule has 1 unspecified atom stereocenters. The molecule has 0 aliphatic carbocycles. The van der Waals surface area contributed by atoms with Crippen LogP contribution in [0, 0.1) is 5.41 Å². The molecule has 1 aromatic rings. The van der Waals surface area contributed by atoms with E-state index in [0.717, 1.165) is 19.6 Å². The zero-order valence-electron chi connectivity index (χ0n) is 11.0. The molecule has 6 nitrogen and oxygen atoms in total. The average molecular weight is 242 g/mol. The van der Waals surface area contributed by atoms with Crippen LogP contribution in [-0.2, 0) is 4.74 Å². The number of rotatable bonds is 7. The number of ether oxygens (including phenoxy) is 1. The normalized spacial score (nSPS) is 13.7. The number of aromatic nitrogens is 2. The summed E-state index contributed by atoms with van der Waals surface area (Å²) in [5.41, 5.74) is 5.74. The number of methoxy groups -OCH3 is 1. The summed E-state index contributed by atoms with van der Waals surface area (Å²) < 4.78 is 10.4. The van der Waals surface area contributed by atoms with Crippen LogP contribution >= 0.6 is 0 Å². The van der Waals surface area contributed by atoms with Crippen molar-refractivity contribution in [3.05, 3.63) is 5.89 Å². The first kappa shape index (κ1) is 13.9. The molecule has 1 rings (SSSR count). The minimum atomic E-state index is -0.237. The first-order chi connectivity index (χ1) is 7.94. The Morgan fingerprint density at radius 2 is 2.18 bits per heavy atom. The highest BCUT2D eigenvalue weighted by Crippen LogP contribution is 2.21. The van der Waals surface area contributed by atoms with Gasteiger partial charge in [0.1, 0.15) is 0 Å². The van der Waals surface area contributed by atoms with Crippen LogP contribution in [0.2, 0.25) is 0 Å². The fraction of sp³-hybridized carbons (Fsp3) is 0.818. The lowest BCUT2D eigenvalue weighted by molar-refractivity contribution is 0.156. The maximum Gasteiger partial charge on any atom is 0.315 e. The third-order valence-electron chi connectivity index (χ3n) is 2.53. The van der Waals surface area contributed by atoms with Gasteiger partial charge in [-0.05, 0) is 18.8 Å². The average Bonchev–Trinajstić information content (AvgIpc) is 2.73. The summed E-state index contributed by atoms with van der Waals surface area (Å²) in [6.45, 7) is 7.60. The molecule has 0 radical (unpaired) electrons. The quantitative estimate of drug-likeness (QED) is 0.754. The van der Waals surface area contributed by atoms with Crippen molar-refractivity contribution >= 4 is 6.01 Å². The summed E-state index contributed by atoms with van der Waals surface area (Å²) in [5.74, 6) is 0.446. The summed E-state index contributed by atoms with van der Waals surface area (Å²) in [4.78, 5) is 0. The van der Waals surface area contributed by atoms with Crippen LogP contribution in [0.5, 0.6) is 0 Å². The highest BCUT2D eigenvalue weighted by Gasteiger charge is 2.19. The highest BCUT2D eigenvalue weighted by atomic mass is 16.5. The molecule has 0 aliphatic heterocycles. The van der Waals surface area contributed by atoms with Crippen LogP contribution in [0.1, 0.15) is 39.1 Å². The molecular formula is C11H22N4O2. The number of nitrogens with two attached hydrogens (primary N) is 1. The Hall–Kier alpha value is -1.14. The molecule has 0 aliphatic rings. The summed E-state index contributed by atoms with van der Waals surface area (Å²) in [7, 11) is 1.70. The lowest BCUT2D eigenvalue weighted by Gasteiger charge is -2.23. The van der Waals surface area contributed by atoms with Crippen molar-refractivity contribution in [1.82, 2.24) is 10.2 Å². The Bertz CT molecular complexity index is 336. The first-order valence-corrected chi connectivity index (χ1v) is 5.76.